The number of aryl methyl sites for hydroxylation is 2. The van der Waals surface area contributed by atoms with Crippen LogP contribution in [0, 0.1) is 19.8 Å². The second-order valence-corrected chi connectivity index (χ2v) is 10.7. The van der Waals surface area contributed by atoms with Crippen LogP contribution < -0.4 is 9.64 Å². The zero-order valence-electron chi connectivity index (χ0n) is 22.6. The molecule has 3 heterocycles. The topological polar surface area (TPSA) is 56.6 Å². The van der Waals surface area contributed by atoms with E-state index in [1.165, 1.54) is 5.56 Å². The summed E-state index contributed by atoms with van der Waals surface area (Å²) in [6, 6.07) is 22.1. The number of rotatable bonds is 6. The van der Waals surface area contributed by atoms with Crippen LogP contribution in [0.25, 0.3) is 5.69 Å². The molecular formula is C32H33N3O3. The van der Waals surface area contributed by atoms with Crippen LogP contribution >= 0.6 is 0 Å². The molecule has 0 N–H and O–H groups in total. The highest BCUT2D eigenvalue weighted by atomic mass is 16.6. The Hall–Kier alpha value is -4.06. The molecule has 2 aliphatic heterocycles. The molecule has 0 saturated carbocycles. The number of carbonyl (C=O) groups is 1. The van der Waals surface area contributed by atoms with Gasteiger partial charge in [-0.3, -0.25) is 0 Å². The van der Waals surface area contributed by atoms with Crippen LogP contribution in [-0.4, -0.2) is 28.8 Å². The van der Waals surface area contributed by atoms with Gasteiger partial charge in [-0.05, 0) is 63.4 Å². The highest BCUT2D eigenvalue weighted by molar-refractivity contribution is 5.97. The quantitative estimate of drug-likeness (QED) is 0.265. The van der Waals surface area contributed by atoms with Gasteiger partial charge in [0.25, 0.3) is 0 Å². The predicted molar refractivity (Wildman–Crippen MR) is 149 cm³/mol. The molecule has 1 aromatic heterocycles. The molecule has 194 valence electrons. The summed E-state index contributed by atoms with van der Waals surface area (Å²) in [4.78, 5) is 15.6. The van der Waals surface area contributed by atoms with Crippen LogP contribution in [0.4, 0.5) is 5.69 Å². The third kappa shape index (κ3) is 3.62. The Morgan fingerprint density at radius 1 is 1.00 bits per heavy atom. The number of benzene rings is 3. The molecule has 3 aromatic carbocycles. The number of aromatic nitrogens is 2. The summed E-state index contributed by atoms with van der Waals surface area (Å²) in [6.07, 6.45) is 1.10. The van der Waals surface area contributed by atoms with E-state index in [1.807, 2.05) is 48.0 Å². The van der Waals surface area contributed by atoms with E-state index in [0.717, 1.165) is 53.3 Å². The summed E-state index contributed by atoms with van der Waals surface area (Å²) in [5.41, 5.74) is 5.75. The standard InChI is InChI=1S/C32H33N3O3/c1-6-34(18-17-20(2)3)24-15-16-27-28(19-24)37-30-29(22(5)33-35(30)23-13-11-21(4)12-14-23)32(27)26-10-8-7-9-25(26)31(36)38-32/h7-16,19-20H,6,17-18H2,1-5H3. The van der Waals surface area contributed by atoms with E-state index in [9.17, 15) is 4.79 Å². The number of hydrogen-bond donors (Lipinski definition) is 0. The second kappa shape index (κ2) is 9.05. The summed E-state index contributed by atoms with van der Waals surface area (Å²) in [5, 5.41) is 4.90. The van der Waals surface area contributed by atoms with Gasteiger partial charge in [0.1, 0.15) is 5.75 Å². The van der Waals surface area contributed by atoms with E-state index >= 15 is 0 Å². The van der Waals surface area contributed by atoms with Crippen molar-refractivity contribution in [3.05, 3.63) is 100 Å². The Kier molecular flexibility index (Phi) is 5.78. The number of esters is 1. The lowest BCUT2D eigenvalue weighted by Crippen LogP contribution is -2.34. The Labute approximate surface area is 223 Å². The molecule has 0 saturated heterocycles. The summed E-state index contributed by atoms with van der Waals surface area (Å²) >= 11 is 0. The first-order chi connectivity index (χ1) is 18.3. The monoisotopic (exact) mass is 507 g/mol. The van der Waals surface area contributed by atoms with Crippen molar-refractivity contribution >= 4 is 11.7 Å². The molecule has 0 radical (unpaired) electrons. The van der Waals surface area contributed by atoms with Crippen molar-refractivity contribution < 1.29 is 14.3 Å². The molecule has 38 heavy (non-hydrogen) atoms. The fourth-order valence-corrected chi connectivity index (χ4v) is 5.68. The molecule has 6 nitrogen and oxygen atoms in total. The molecule has 4 aromatic rings. The van der Waals surface area contributed by atoms with Gasteiger partial charge in [-0.15, -0.1) is 0 Å². The van der Waals surface area contributed by atoms with Crippen LogP contribution in [0.5, 0.6) is 11.6 Å². The molecule has 6 heteroatoms. The van der Waals surface area contributed by atoms with Crippen molar-refractivity contribution in [2.75, 3.05) is 18.0 Å². The minimum Gasteiger partial charge on any atom is -0.440 e. The Morgan fingerprint density at radius 2 is 1.76 bits per heavy atom. The summed E-state index contributed by atoms with van der Waals surface area (Å²) < 4.78 is 14.9. The van der Waals surface area contributed by atoms with Gasteiger partial charge in [0.2, 0.25) is 5.88 Å². The zero-order chi connectivity index (χ0) is 26.6. The Morgan fingerprint density at radius 3 is 2.50 bits per heavy atom. The SMILES string of the molecule is CCN(CCC(C)C)c1ccc2c(c1)Oc1c(c(C)nn1-c1ccc(C)cc1)C21OC(=O)c2ccccc21. The molecule has 0 bridgehead atoms. The third-order valence-electron chi connectivity index (χ3n) is 7.70. The maximum Gasteiger partial charge on any atom is 0.340 e. The molecule has 1 atom stereocenters. The van der Waals surface area contributed by atoms with Crippen LogP contribution in [0.1, 0.15) is 65.5 Å². The van der Waals surface area contributed by atoms with Crippen LogP contribution in [0.2, 0.25) is 0 Å². The molecule has 0 aliphatic carbocycles. The van der Waals surface area contributed by atoms with E-state index in [-0.39, 0.29) is 5.97 Å². The fraction of sp³-hybridized carbons (Fsp3) is 0.312. The molecule has 0 amide bonds. The molecule has 0 fully saturated rings. The van der Waals surface area contributed by atoms with E-state index in [2.05, 4.69) is 62.9 Å². The summed E-state index contributed by atoms with van der Waals surface area (Å²) in [5.74, 6) is 1.53. The normalized spacial score (nSPS) is 17.2. The smallest absolute Gasteiger partial charge is 0.340 e. The van der Waals surface area contributed by atoms with Crippen molar-refractivity contribution in [1.29, 1.82) is 0 Å². The number of hydrogen-bond acceptors (Lipinski definition) is 5. The highest BCUT2D eigenvalue weighted by Crippen LogP contribution is 2.57. The zero-order valence-corrected chi connectivity index (χ0v) is 22.6. The van der Waals surface area contributed by atoms with Crippen LogP contribution in [-0.2, 0) is 10.3 Å². The molecule has 2 aliphatic rings. The van der Waals surface area contributed by atoms with E-state index in [0.29, 0.717) is 23.1 Å². The lowest BCUT2D eigenvalue weighted by molar-refractivity contribution is 0.0221. The van der Waals surface area contributed by atoms with Gasteiger partial charge in [-0.1, -0.05) is 49.7 Å². The first kappa shape index (κ1) is 24.3. The first-order valence-corrected chi connectivity index (χ1v) is 13.4. The minimum atomic E-state index is -1.13. The number of anilines is 1. The van der Waals surface area contributed by atoms with Crippen molar-refractivity contribution in [2.45, 2.75) is 46.6 Å². The molecule has 1 unspecified atom stereocenters. The number of carbonyl (C=O) groups excluding carboxylic acids is 1. The van der Waals surface area contributed by atoms with Crippen molar-refractivity contribution in [1.82, 2.24) is 9.78 Å². The van der Waals surface area contributed by atoms with E-state index < -0.39 is 5.60 Å². The van der Waals surface area contributed by atoms with Gasteiger partial charge in [-0.25, -0.2) is 9.48 Å². The maximum atomic E-state index is 13.3. The summed E-state index contributed by atoms with van der Waals surface area (Å²) in [7, 11) is 0. The molecule has 6 rings (SSSR count). The minimum absolute atomic E-state index is 0.335. The van der Waals surface area contributed by atoms with Gasteiger partial charge in [-0.2, -0.15) is 5.10 Å². The predicted octanol–water partition coefficient (Wildman–Crippen LogP) is 6.93. The Bertz CT molecular complexity index is 1540. The lowest BCUT2D eigenvalue weighted by Gasteiger charge is -2.36. The average molecular weight is 508 g/mol. The van der Waals surface area contributed by atoms with Crippen LogP contribution in [0.15, 0.2) is 66.7 Å². The van der Waals surface area contributed by atoms with E-state index in [1.54, 1.807) is 0 Å². The Balaban J connectivity index is 1.58. The van der Waals surface area contributed by atoms with Gasteiger partial charge in [0.15, 0.2) is 5.60 Å². The van der Waals surface area contributed by atoms with Gasteiger partial charge in [0, 0.05) is 36.0 Å². The highest BCUT2D eigenvalue weighted by Gasteiger charge is 2.56. The number of fused-ring (bicyclic) bond motifs is 6. The lowest BCUT2D eigenvalue weighted by atomic mass is 9.78. The molecule has 1 spiro atoms. The largest absolute Gasteiger partial charge is 0.440 e. The second-order valence-electron chi connectivity index (χ2n) is 10.7. The number of ether oxygens (including phenoxy) is 2. The first-order valence-electron chi connectivity index (χ1n) is 13.4. The van der Waals surface area contributed by atoms with Crippen molar-refractivity contribution in [3.63, 3.8) is 0 Å². The van der Waals surface area contributed by atoms with E-state index in [4.69, 9.17) is 14.6 Å². The van der Waals surface area contributed by atoms with Gasteiger partial charge >= 0.3 is 5.97 Å². The summed E-state index contributed by atoms with van der Waals surface area (Å²) in [6.45, 7) is 12.5. The van der Waals surface area contributed by atoms with Gasteiger partial charge < -0.3 is 14.4 Å². The van der Waals surface area contributed by atoms with Gasteiger partial charge in [0.05, 0.1) is 22.5 Å². The fourth-order valence-electron chi connectivity index (χ4n) is 5.68. The third-order valence-corrected chi connectivity index (χ3v) is 7.70. The van der Waals surface area contributed by atoms with Crippen molar-refractivity contribution in [2.24, 2.45) is 5.92 Å². The average Bonchev–Trinajstić information content (AvgIpc) is 3.39. The maximum absolute atomic E-state index is 13.3. The number of nitrogens with zero attached hydrogens (tertiary/aromatic N) is 3. The van der Waals surface area contributed by atoms with Crippen LogP contribution in [0.3, 0.4) is 0 Å². The van der Waals surface area contributed by atoms with Crippen molar-refractivity contribution in [3.8, 4) is 17.3 Å². The molecular weight excluding hydrogens is 474 g/mol.